The largest absolute Gasteiger partial charge is 0.469 e. The standard InChI is InChI=1S/C11H19NO2/c1-4-6-13-8-11(12-3)10-5-7-14-9(10)2/h5,7,11-12H,4,6,8H2,1-3H3. The van der Waals surface area contributed by atoms with Gasteiger partial charge in [-0.1, -0.05) is 6.92 Å². The first-order valence-electron chi connectivity index (χ1n) is 5.08. The summed E-state index contributed by atoms with van der Waals surface area (Å²) in [6.07, 6.45) is 2.77. The van der Waals surface area contributed by atoms with Crippen LogP contribution in [0, 0.1) is 6.92 Å². The zero-order chi connectivity index (χ0) is 10.4. The van der Waals surface area contributed by atoms with E-state index in [2.05, 4.69) is 12.2 Å². The molecule has 0 saturated carbocycles. The topological polar surface area (TPSA) is 34.4 Å². The Kier molecular flexibility index (Phi) is 4.70. The van der Waals surface area contributed by atoms with Gasteiger partial charge in [-0.05, 0) is 26.5 Å². The van der Waals surface area contributed by atoms with E-state index in [4.69, 9.17) is 9.15 Å². The molecule has 0 bridgehead atoms. The molecule has 0 aromatic carbocycles. The molecule has 0 amide bonds. The molecule has 1 rings (SSSR count). The lowest BCUT2D eigenvalue weighted by Gasteiger charge is -2.15. The maximum absolute atomic E-state index is 5.51. The van der Waals surface area contributed by atoms with Gasteiger partial charge in [-0.3, -0.25) is 0 Å². The van der Waals surface area contributed by atoms with Crippen molar-refractivity contribution in [2.75, 3.05) is 20.3 Å². The molecule has 0 radical (unpaired) electrons. The highest BCUT2D eigenvalue weighted by molar-refractivity contribution is 5.20. The Morgan fingerprint density at radius 2 is 2.36 bits per heavy atom. The summed E-state index contributed by atoms with van der Waals surface area (Å²) in [5.41, 5.74) is 1.18. The summed E-state index contributed by atoms with van der Waals surface area (Å²) in [6, 6.07) is 2.23. The Balaban J connectivity index is 2.50. The van der Waals surface area contributed by atoms with E-state index in [0.717, 1.165) is 18.8 Å². The molecule has 3 heteroatoms. The van der Waals surface area contributed by atoms with Crippen LogP contribution < -0.4 is 5.32 Å². The third-order valence-corrected chi connectivity index (χ3v) is 2.26. The third-order valence-electron chi connectivity index (χ3n) is 2.26. The van der Waals surface area contributed by atoms with E-state index in [0.29, 0.717) is 6.61 Å². The van der Waals surface area contributed by atoms with E-state index in [1.165, 1.54) is 5.56 Å². The molecule has 1 aromatic rings. The van der Waals surface area contributed by atoms with E-state index in [1.807, 2.05) is 20.0 Å². The van der Waals surface area contributed by atoms with Crippen LogP contribution >= 0.6 is 0 Å². The Hall–Kier alpha value is -0.800. The zero-order valence-corrected chi connectivity index (χ0v) is 9.17. The van der Waals surface area contributed by atoms with Gasteiger partial charge in [0, 0.05) is 12.2 Å². The van der Waals surface area contributed by atoms with Crippen molar-refractivity contribution in [3.63, 3.8) is 0 Å². The number of rotatable bonds is 6. The summed E-state index contributed by atoms with van der Waals surface area (Å²) in [4.78, 5) is 0. The second-order valence-electron chi connectivity index (χ2n) is 3.35. The fourth-order valence-electron chi connectivity index (χ4n) is 1.43. The second kappa shape index (κ2) is 5.83. The van der Waals surface area contributed by atoms with Crippen molar-refractivity contribution < 1.29 is 9.15 Å². The molecule has 0 fully saturated rings. The van der Waals surface area contributed by atoms with Gasteiger partial charge in [0.25, 0.3) is 0 Å². The number of nitrogens with one attached hydrogen (secondary N) is 1. The molecule has 1 heterocycles. The van der Waals surface area contributed by atoms with Gasteiger partial charge in [-0.15, -0.1) is 0 Å². The van der Waals surface area contributed by atoms with E-state index in [-0.39, 0.29) is 6.04 Å². The number of aryl methyl sites for hydroxylation is 1. The average Bonchev–Trinajstić information content (AvgIpc) is 2.60. The van der Waals surface area contributed by atoms with Gasteiger partial charge in [-0.25, -0.2) is 0 Å². The van der Waals surface area contributed by atoms with Gasteiger partial charge in [0.05, 0.1) is 18.9 Å². The molecule has 1 N–H and O–H groups in total. The highest BCUT2D eigenvalue weighted by atomic mass is 16.5. The van der Waals surface area contributed by atoms with Crippen LogP contribution in [0.15, 0.2) is 16.7 Å². The Morgan fingerprint density at radius 1 is 1.57 bits per heavy atom. The molecule has 0 saturated heterocycles. The van der Waals surface area contributed by atoms with E-state index < -0.39 is 0 Å². The summed E-state index contributed by atoms with van der Waals surface area (Å²) in [5.74, 6) is 0.962. The lowest BCUT2D eigenvalue weighted by molar-refractivity contribution is 0.113. The summed E-state index contributed by atoms with van der Waals surface area (Å²) >= 11 is 0. The molecule has 1 atom stereocenters. The summed E-state index contributed by atoms with van der Waals surface area (Å²) in [7, 11) is 1.94. The van der Waals surface area contributed by atoms with Crippen molar-refractivity contribution in [2.45, 2.75) is 26.3 Å². The monoisotopic (exact) mass is 197 g/mol. The molecule has 1 unspecified atom stereocenters. The Bertz CT molecular complexity index is 258. The quantitative estimate of drug-likeness (QED) is 0.710. The van der Waals surface area contributed by atoms with Crippen molar-refractivity contribution in [1.29, 1.82) is 0 Å². The predicted octanol–water partition coefficient (Wildman–Crippen LogP) is 2.28. The van der Waals surface area contributed by atoms with Gasteiger partial charge in [-0.2, -0.15) is 0 Å². The van der Waals surface area contributed by atoms with Crippen LogP contribution in [0.2, 0.25) is 0 Å². The third kappa shape index (κ3) is 2.86. The van der Waals surface area contributed by atoms with Crippen molar-refractivity contribution >= 4 is 0 Å². The molecule has 3 nitrogen and oxygen atoms in total. The number of hydrogen-bond donors (Lipinski definition) is 1. The number of likely N-dealkylation sites (N-methyl/N-ethyl adjacent to an activating group) is 1. The van der Waals surface area contributed by atoms with Crippen LogP contribution in [0.3, 0.4) is 0 Å². The summed E-state index contributed by atoms with van der Waals surface area (Å²) in [6.45, 7) is 5.59. The minimum Gasteiger partial charge on any atom is -0.469 e. The fraction of sp³-hybridized carbons (Fsp3) is 0.636. The van der Waals surface area contributed by atoms with Crippen molar-refractivity contribution in [3.8, 4) is 0 Å². The summed E-state index contributed by atoms with van der Waals surface area (Å²) < 4.78 is 10.8. The second-order valence-corrected chi connectivity index (χ2v) is 3.35. The van der Waals surface area contributed by atoms with Crippen molar-refractivity contribution in [1.82, 2.24) is 5.32 Å². The molecule has 0 aliphatic heterocycles. The first kappa shape index (κ1) is 11.3. The fourth-order valence-corrected chi connectivity index (χ4v) is 1.43. The molecular formula is C11H19NO2. The van der Waals surface area contributed by atoms with E-state index in [9.17, 15) is 0 Å². The first-order chi connectivity index (χ1) is 6.79. The van der Waals surface area contributed by atoms with Crippen molar-refractivity contribution in [3.05, 3.63) is 23.7 Å². The molecule has 0 aliphatic carbocycles. The van der Waals surface area contributed by atoms with Gasteiger partial charge in [0.2, 0.25) is 0 Å². The van der Waals surface area contributed by atoms with E-state index >= 15 is 0 Å². The normalized spacial score (nSPS) is 13.1. The summed E-state index contributed by atoms with van der Waals surface area (Å²) in [5, 5.41) is 3.22. The molecule has 0 aliphatic rings. The van der Waals surface area contributed by atoms with Crippen LogP contribution in [0.4, 0.5) is 0 Å². The smallest absolute Gasteiger partial charge is 0.105 e. The average molecular weight is 197 g/mol. The van der Waals surface area contributed by atoms with Crippen LogP contribution in [0.5, 0.6) is 0 Å². The highest BCUT2D eigenvalue weighted by Gasteiger charge is 2.13. The van der Waals surface area contributed by atoms with Gasteiger partial charge in [0.15, 0.2) is 0 Å². The van der Waals surface area contributed by atoms with Gasteiger partial charge < -0.3 is 14.5 Å². The minimum atomic E-state index is 0.236. The molecule has 14 heavy (non-hydrogen) atoms. The molecule has 0 spiro atoms. The Morgan fingerprint density at radius 3 is 2.86 bits per heavy atom. The van der Waals surface area contributed by atoms with Crippen LogP contribution in [-0.4, -0.2) is 20.3 Å². The minimum absolute atomic E-state index is 0.236. The van der Waals surface area contributed by atoms with Crippen LogP contribution in [0.1, 0.15) is 30.7 Å². The zero-order valence-electron chi connectivity index (χ0n) is 9.17. The highest BCUT2D eigenvalue weighted by Crippen LogP contribution is 2.18. The number of hydrogen-bond acceptors (Lipinski definition) is 3. The molecular weight excluding hydrogens is 178 g/mol. The maximum atomic E-state index is 5.51. The maximum Gasteiger partial charge on any atom is 0.105 e. The van der Waals surface area contributed by atoms with Gasteiger partial charge >= 0.3 is 0 Å². The first-order valence-corrected chi connectivity index (χ1v) is 5.08. The van der Waals surface area contributed by atoms with Crippen molar-refractivity contribution in [2.24, 2.45) is 0 Å². The van der Waals surface area contributed by atoms with E-state index in [1.54, 1.807) is 6.26 Å². The number of furan rings is 1. The van der Waals surface area contributed by atoms with Crippen LogP contribution in [0.25, 0.3) is 0 Å². The molecule has 80 valence electrons. The molecule has 1 aromatic heterocycles. The van der Waals surface area contributed by atoms with Crippen LogP contribution in [-0.2, 0) is 4.74 Å². The Labute approximate surface area is 85.4 Å². The lowest BCUT2D eigenvalue weighted by Crippen LogP contribution is -2.22. The predicted molar refractivity (Wildman–Crippen MR) is 56.4 cm³/mol. The SMILES string of the molecule is CCCOCC(NC)c1ccoc1C. The number of ether oxygens (including phenoxy) is 1. The van der Waals surface area contributed by atoms with Gasteiger partial charge in [0.1, 0.15) is 5.76 Å². The lowest BCUT2D eigenvalue weighted by atomic mass is 10.1.